The van der Waals surface area contributed by atoms with Gasteiger partial charge in [0, 0.05) is 5.69 Å². The van der Waals surface area contributed by atoms with Gasteiger partial charge in [-0.05, 0) is 48.0 Å². The van der Waals surface area contributed by atoms with Crippen LogP contribution in [0.2, 0.25) is 0 Å². The molecule has 1 aliphatic rings. The molecule has 0 amide bonds. The quantitative estimate of drug-likeness (QED) is 0.709. The normalized spacial score (nSPS) is 14.1. The average molecular weight is 369 g/mol. The molecule has 1 aromatic heterocycles. The van der Waals surface area contributed by atoms with Gasteiger partial charge in [0.2, 0.25) is 0 Å². The molecule has 0 spiro atoms. The Morgan fingerprint density at radius 3 is 2.81 bits per heavy atom. The smallest absolute Gasteiger partial charge is 0.271 e. The number of methoxy groups -OCH3 is 1. The number of thiazole rings is 1. The maximum absolute atomic E-state index is 13.1. The van der Waals surface area contributed by atoms with E-state index in [1.165, 1.54) is 23.5 Å². The Kier molecular flexibility index (Phi) is 4.30. The third kappa shape index (κ3) is 3.13. The predicted octanol–water partition coefficient (Wildman–Crippen LogP) is 1.94. The molecule has 0 saturated heterocycles. The third-order valence-electron chi connectivity index (χ3n) is 4.16. The monoisotopic (exact) mass is 369 g/mol. The van der Waals surface area contributed by atoms with Crippen molar-refractivity contribution in [2.75, 3.05) is 18.7 Å². The lowest BCUT2D eigenvalue weighted by atomic mass is 10.2. The topological polar surface area (TPSA) is 46.8 Å². The van der Waals surface area contributed by atoms with E-state index in [2.05, 4.69) is 4.99 Å². The lowest BCUT2D eigenvalue weighted by Gasteiger charge is -2.25. The molecule has 3 aromatic rings. The van der Waals surface area contributed by atoms with Gasteiger partial charge in [-0.1, -0.05) is 23.5 Å². The fourth-order valence-electron chi connectivity index (χ4n) is 2.81. The number of benzene rings is 2. The largest absolute Gasteiger partial charge is 0.497 e. The van der Waals surface area contributed by atoms with Crippen LogP contribution in [0.15, 0.2) is 58.3 Å². The van der Waals surface area contributed by atoms with Crippen molar-refractivity contribution in [3.8, 4) is 5.75 Å². The molecular formula is C19H16FN3O2S. The van der Waals surface area contributed by atoms with Crippen LogP contribution in [0.25, 0.3) is 6.08 Å². The summed E-state index contributed by atoms with van der Waals surface area (Å²) in [7, 11) is 1.61. The molecule has 26 heavy (non-hydrogen) atoms. The van der Waals surface area contributed by atoms with Crippen LogP contribution in [0.5, 0.6) is 5.75 Å². The van der Waals surface area contributed by atoms with E-state index in [9.17, 15) is 9.18 Å². The van der Waals surface area contributed by atoms with E-state index in [0.717, 1.165) is 17.0 Å². The first kappa shape index (κ1) is 16.5. The average Bonchev–Trinajstić information content (AvgIpc) is 2.98. The Morgan fingerprint density at radius 2 is 2.04 bits per heavy atom. The molecule has 0 unspecified atom stereocenters. The van der Waals surface area contributed by atoms with Gasteiger partial charge in [-0.3, -0.25) is 9.36 Å². The zero-order valence-electron chi connectivity index (χ0n) is 14.1. The van der Waals surface area contributed by atoms with Crippen LogP contribution in [0.4, 0.5) is 10.1 Å². The Bertz CT molecular complexity index is 1120. The van der Waals surface area contributed by atoms with Crippen molar-refractivity contribution < 1.29 is 9.13 Å². The number of hydrogen-bond acceptors (Lipinski definition) is 5. The van der Waals surface area contributed by atoms with Crippen molar-refractivity contribution in [2.45, 2.75) is 6.67 Å². The van der Waals surface area contributed by atoms with Crippen molar-refractivity contribution in [2.24, 2.45) is 4.99 Å². The number of nitrogens with zero attached hydrogens (tertiary/aromatic N) is 3. The molecule has 0 saturated carbocycles. The molecule has 0 atom stereocenters. The molecule has 0 bridgehead atoms. The minimum atomic E-state index is -0.286. The summed E-state index contributed by atoms with van der Waals surface area (Å²) in [5.74, 6) is 0.457. The van der Waals surface area contributed by atoms with Gasteiger partial charge >= 0.3 is 0 Å². The highest BCUT2D eigenvalue weighted by Gasteiger charge is 2.16. The highest BCUT2D eigenvalue weighted by atomic mass is 32.1. The number of ether oxygens (including phenoxy) is 1. The molecule has 2 heterocycles. The molecule has 0 N–H and O–H groups in total. The lowest BCUT2D eigenvalue weighted by molar-refractivity contribution is 0.414. The summed E-state index contributed by atoms with van der Waals surface area (Å²) in [6.45, 7) is 0.829. The SMILES string of the molecule is COc1cccc(/C=c2\sc3n(c2=O)CN(c2ccc(F)cc2)CN=3)c1. The maximum Gasteiger partial charge on any atom is 0.271 e. The van der Waals surface area contributed by atoms with Crippen LogP contribution in [0.1, 0.15) is 5.56 Å². The standard InChI is InChI=1S/C19H16FN3O2S/c1-25-16-4-2-3-13(9-16)10-17-18(24)23-12-22(11-21-19(23)26-17)15-7-5-14(20)6-8-15/h2-10H,11-12H2,1H3/b17-10-. The fourth-order valence-corrected chi connectivity index (χ4v) is 3.77. The molecule has 5 nitrogen and oxygen atoms in total. The van der Waals surface area contributed by atoms with Crippen LogP contribution in [-0.2, 0) is 6.67 Å². The van der Waals surface area contributed by atoms with Crippen LogP contribution < -0.4 is 24.5 Å². The van der Waals surface area contributed by atoms with Gasteiger partial charge < -0.3 is 9.64 Å². The van der Waals surface area contributed by atoms with Crippen molar-refractivity contribution in [1.29, 1.82) is 0 Å². The van der Waals surface area contributed by atoms with Gasteiger partial charge in [0.1, 0.15) is 24.9 Å². The van der Waals surface area contributed by atoms with E-state index in [-0.39, 0.29) is 11.4 Å². The Hall–Kier alpha value is -2.93. The summed E-state index contributed by atoms with van der Waals surface area (Å²) >= 11 is 1.37. The fraction of sp³-hybridized carbons (Fsp3) is 0.158. The summed E-state index contributed by atoms with van der Waals surface area (Å²) in [6, 6.07) is 13.7. The summed E-state index contributed by atoms with van der Waals surface area (Å²) in [5, 5.41) is 0. The zero-order chi connectivity index (χ0) is 18.1. The molecule has 7 heteroatoms. The molecule has 0 radical (unpaired) electrons. The minimum Gasteiger partial charge on any atom is -0.497 e. The number of hydrogen-bond donors (Lipinski definition) is 0. The summed E-state index contributed by atoms with van der Waals surface area (Å²) in [4.78, 5) is 19.9. The van der Waals surface area contributed by atoms with Gasteiger partial charge in [-0.2, -0.15) is 0 Å². The van der Waals surface area contributed by atoms with E-state index >= 15 is 0 Å². The number of rotatable bonds is 3. The molecule has 4 rings (SSSR count). The molecule has 132 valence electrons. The summed E-state index contributed by atoms with van der Waals surface area (Å²) < 4.78 is 20.6. The van der Waals surface area contributed by atoms with Crippen LogP contribution in [0.3, 0.4) is 0 Å². The van der Waals surface area contributed by atoms with E-state index in [1.54, 1.807) is 23.8 Å². The van der Waals surface area contributed by atoms with Crippen LogP contribution >= 0.6 is 11.3 Å². The van der Waals surface area contributed by atoms with E-state index in [0.29, 0.717) is 22.7 Å². The Labute approximate surface area is 152 Å². The maximum atomic E-state index is 13.1. The number of anilines is 1. The first-order valence-electron chi connectivity index (χ1n) is 8.04. The Balaban J connectivity index is 1.70. The molecule has 0 fully saturated rings. The third-order valence-corrected chi connectivity index (χ3v) is 5.20. The molecule has 0 aliphatic carbocycles. The second kappa shape index (κ2) is 6.76. The Morgan fingerprint density at radius 1 is 1.23 bits per heavy atom. The van der Waals surface area contributed by atoms with Crippen molar-refractivity contribution in [3.63, 3.8) is 0 Å². The van der Waals surface area contributed by atoms with Gasteiger partial charge in [-0.15, -0.1) is 0 Å². The van der Waals surface area contributed by atoms with E-state index < -0.39 is 0 Å². The van der Waals surface area contributed by atoms with E-state index in [4.69, 9.17) is 4.74 Å². The van der Waals surface area contributed by atoms with Crippen LogP contribution in [-0.4, -0.2) is 18.3 Å². The second-order valence-electron chi connectivity index (χ2n) is 5.86. The highest BCUT2D eigenvalue weighted by Crippen LogP contribution is 2.16. The van der Waals surface area contributed by atoms with Gasteiger partial charge in [0.05, 0.1) is 11.6 Å². The highest BCUT2D eigenvalue weighted by molar-refractivity contribution is 7.07. The molecule has 2 aromatic carbocycles. The predicted molar refractivity (Wildman–Crippen MR) is 99.7 cm³/mol. The molecular weight excluding hydrogens is 353 g/mol. The first-order valence-corrected chi connectivity index (χ1v) is 8.86. The second-order valence-corrected chi connectivity index (χ2v) is 6.87. The molecule has 1 aliphatic heterocycles. The number of fused-ring (bicyclic) bond motifs is 1. The van der Waals surface area contributed by atoms with Gasteiger partial charge in [0.15, 0.2) is 4.80 Å². The summed E-state index contributed by atoms with van der Waals surface area (Å²) in [6.07, 6.45) is 1.85. The first-order chi connectivity index (χ1) is 12.6. The minimum absolute atomic E-state index is 0.0802. The van der Waals surface area contributed by atoms with E-state index in [1.807, 2.05) is 35.2 Å². The zero-order valence-corrected chi connectivity index (χ0v) is 14.9. The number of halogens is 1. The van der Waals surface area contributed by atoms with Crippen LogP contribution in [0, 0.1) is 5.82 Å². The van der Waals surface area contributed by atoms with Gasteiger partial charge in [0.25, 0.3) is 5.56 Å². The van der Waals surface area contributed by atoms with Crippen molar-refractivity contribution in [1.82, 2.24) is 4.57 Å². The lowest BCUT2D eigenvalue weighted by Crippen LogP contribution is -2.42. The van der Waals surface area contributed by atoms with Crippen molar-refractivity contribution >= 4 is 23.1 Å². The summed E-state index contributed by atoms with van der Waals surface area (Å²) in [5.41, 5.74) is 1.65. The van der Waals surface area contributed by atoms with Crippen molar-refractivity contribution in [3.05, 3.63) is 79.6 Å². The van der Waals surface area contributed by atoms with Gasteiger partial charge in [-0.25, -0.2) is 9.38 Å². The number of aromatic nitrogens is 1.